The van der Waals surface area contributed by atoms with Gasteiger partial charge in [-0.15, -0.1) is 0 Å². The highest BCUT2D eigenvalue weighted by atomic mass is 32.2. The minimum Gasteiger partial charge on any atom is -0.308 e. The molecule has 0 saturated carbocycles. The molecular formula is C18H32N2S. The van der Waals surface area contributed by atoms with Gasteiger partial charge in [0, 0.05) is 30.4 Å². The van der Waals surface area contributed by atoms with Crippen molar-refractivity contribution in [2.45, 2.75) is 58.8 Å². The van der Waals surface area contributed by atoms with Crippen molar-refractivity contribution in [3.05, 3.63) is 35.4 Å². The topological polar surface area (TPSA) is 15.3 Å². The number of nitrogens with one attached hydrogen (secondary N) is 1. The Morgan fingerprint density at radius 1 is 1.19 bits per heavy atom. The van der Waals surface area contributed by atoms with E-state index in [4.69, 9.17) is 0 Å². The van der Waals surface area contributed by atoms with Crippen LogP contribution in [0.25, 0.3) is 0 Å². The van der Waals surface area contributed by atoms with Gasteiger partial charge in [-0.25, -0.2) is 0 Å². The first-order valence-electron chi connectivity index (χ1n) is 7.88. The van der Waals surface area contributed by atoms with Gasteiger partial charge in [-0.2, -0.15) is 11.8 Å². The molecule has 0 aliphatic carbocycles. The predicted octanol–water partition coefficient (Wildman–Crippen LogP) is 4.15. The summed E-state index contributed by atoms with van der Waals surface area (Å²) in [5.74, 6) is 1.20. The summed E-state index contributed by atoms with van der Waals surface area (Å²) < 4.78 is 0. The second-order valence-electron chi connectivity index (χ2n) is 6.80. The summed E-state index contributed by atoms with van der Waals surface area (Å²) >= 11 is 1.94. The molecule has 0 aliphatic rings. The molecule has 0 radical (unpaired) electrons. The Labute approximate surface area is 135 Å². The quantitative estimate of drug-likeness (QED) is 0.777. The Kier molecular flexibility index (Phi) is 7.78. The third-order valence-electron chi connectivity index (χ3n) is 3.80. The summed E-state index contributed by atoms with van der Waals surface area (Å²) in [6.45, 7) is 10.9. The minimum absolute atomic E-state index is 0.157. The van der Waals surface area contributed by atoms with Gasteiger partial charge in [0.1, 0.15) is 0 Å². The molecule has 0 spiro atoms. The molecule has 3 heteroatoms. The molecule has 0 heterocycles. The summed E-state index contributed by atoms with van der Waals surface area (Å²) in [7, 11) is 2.25. The second kappa shape index (κ2) is 8.82. The van der Waals surface area contributed by atoms with Crippen LogP contribution < -0.4 is 5.32 Å². The van der Waals surface area contributed by atoms with E-state index >= 15 is 0 Å². The van der Waals surface area contributed by atoms with E-state index in [2.05, 4.69) is 75.5 Å². The third kappa shape index (κ3) is 6.86. The summed E-state index contributed by atoms with van der Waals surface area (Å²) in [6.07, 6.45) is 3.40. The van der Waals surface area contributed by atoms with E-state index < -0.39 is 0 Å². The largest absolute Gasteiger partial charge is 0.308 e. The van der Waals surface area contributed by atoms with Crippen LogP contribution in [-0.4, -0.2) is 35.5 Å². The van der Waals surface area contributed by atoms with Crippen LogP contribution in [0.5, 0.6) is 0 Å². The fourth-order valence-corrected chi connectivity index (χ4v) is 3.27. The number of nitrogens with zero attached hydrogens (tertiary/aromatic N) is 1. The van der Waals surface area contributed by atoms with E-state index in [1.807, 2.05) is 11.8 Å². The average Bonchev–Trinajstić information content (AvgIpc) is 2.42. The Morgan fingerprint density at radius 3 is 2.33 bits per heavy atom. The molecule has 1 atom stereocenters. The highest BCUT2D eigenvalue weighted by molar-refractivity contribution is 7.98. The summed E-state index contributed by atoms with van der Waals surface area (Å²) in [4.78, 5) is 2.49. The van der Waals surface area contributed by atoms with Crippen molar-refractivity contribution in [2.75, 3.05) is 19.1 Å². The van der Waals surface area contributed by atoms with E-state index in [0.717, 1.165) is 13.1 Å². The molecule has 1 unspecified atom stereocenters. The van der Waals surface area contributed by atoms with Crippen molar-refractivity contribution in [3.8, 4) is 0 Å². The van der Waals surface area contributed by atoms with Crippen molar-refractivity contribution in [1.82, 2.24) is 10.2 Å². The smallest absolute Gasteiger partial charge is 0.0237 e. The molecule has 1 rings (SSSR count). The Morgan fingerprint density at radius 2 is 1.81 bits per heavy atom. The third-order valence-corrected chi connectivity index (χ3v) is 4.52. The molecule has 1 aromatic rings. The summed E-state index contributed by atoms with van der Waals surface area (Å²) in [6, 6.07) is 9.46. The van der Waals surface area contributed by atoms with Crippen molar-refractivity contribution in [2.24, 2.45) is 0 Å². The lowest BCUT2D eigenvalue weighted by atomic mass is 10.0. The minimum atomic E-state index is 0.157. The van der Waals surface area contributed by atoms with E-state index in [1.165, 1.54) is 23.3 Å². The zero-order valence-electron chi connectivity index (χ0n) is 14.6. The maximum Gasteiger partial charge on any atom is 0.0237 e. The maximum absolute atomic E-state index is 3.60. The van der Waals surface area contributed by atoms with Crippen LogP contribution in [-0.2, 0) is 13.1 Å². The van der Waals surface area contributed by atoms with Crippen LogP contribution in [0.4, 0.5) is 0 Å². The molecule has 1 N–H and O–H groups in total. The first kappa shape index (κ1) is 18.5. The van der Waals surface area contributed by atoms with Gasteiger partial charge in [-0.3, -0.25) is 4.90 Å². The highest BCUT2D eigenvalue weighted by Gasteiger charge is 2.15. The first-order valence-corrected chi connectivity index (χ1v) is 9.27. The molecule has 120 valence electrons. The van der Waals surface area contributed by atoms with Crippen LogP contribution in [0.15, 0.2) is 24.3 Å². The predicted molar refractivity (Wildman–Crippen MR) is 97.0 cm³/mol. The van der Waals surface area contributed by atoms with Crippen LogP contribution in [0.3, 0.4) is 0 Å². The molecule has 1 aromatic carbocycles. The maximum atomic E-state index is 3.60. The van der Waals surface area contributed by atoms with Crippen LogP contribution in [0.2, 0.25) is 0 Å². The number of benzene rings is 1. The van der Waals surface area contributed by atoms with E-state index in [0.29, 0.717) is 6.04 Å². The van der Waals surface area contributed by atoms with Gasteiger partial charge >= 0.3 is 0 Å². The van der Waals surface area contributed by atoms with Crippen LogP contribution in [0.1, 0.15) is 45.2 Å². The van der Waals surface area contributed by atoms with Gasteiger partial charge in [0.15, 0.2) is 0 Å². The Bertz CT molecular complexity index is 412. The van der Waals surface area contributed by atoms with Crippen molar-refractivity contribution < 1.29 is 0 Å². The van der Waals surface area contributed by atoms with Gasteiger partial charge in [-0.05, 0) is 51.6 Å². The van der Waals surface area contributed by atoms with Gasteiger partial charge in [0.25, 0.3) is 0 Å². The Hall–Kier alpha value is -0.510. The van der Waals surface area contributed by atoms with Crippen molar-refractivity contribution in [1.29, 1.82) is 0 Å². The number of hydrogen-bond acceptors (Lipinski definition) is 3. The van der Waals surface area contributed by atoms with Crippen LogP contribution >= 0.6 is 11.8 Å². The second-order valence-corrected chi connectivity index (χ2v) is 7.72. The molecule has 0 saturated heterocycles. The molecule has 0 fully saturated rings. The van der Waals surface area contributed by atoms with Gasteiger partial charge < -0.3 is 5.32 Å². The standard InChI is InChI=1S/C18H32N2S/c1-7-17(14-21-6)20(5)13-16-11-9-8-10-15(16)12-19-18(2,3)4/h8-11,17,19H,7,12-14H2,1-6H3. The first-order chi connectivity index (χ1) is 9.87. The zero-order chi connectivity index (χ0) is 15.9. The Balaban J connectivity index is 2.74. The number of hydrogen-bond donors (Lipinski definition) is 1. The summed E-state index contributed by atoms with van der Waals surface area (Å²) in [5, 5.41) is 3.60. The molecule has 2 nitrogen and oxygen atoms in total. The van der Waals surface area contributed by atoms with E-state index in [-0.39, 0.29) is 5.54 Å². The SMILES string of the molecule is CCC(CSC)N(C)Cc1ccccc1CNC(C)(C)C. The van der Waals surface area contributed by atoms with E-state index in [1.54, 1.807) is 0 Å². The normalized spacial score (nSPS) is 13.7. The number of rotatable bonds is 8. The van der Waals surface area contributed by atoms with Crippen molar-refractivity contribution >= 4 is 11.8 Å². The van der Waals surface area contributed by atoms with Crippen LogP contribution in [0, 0.1) is 0 Å². The molecular weight excluding hydrogens is 276 g/mol. The lowest BCUT2D eigenvalue weighted by molar-refractivity contribution is 0.247. The van der Waals surface area contributed by atoms with E-state index in [9.17, 15) is 0 Å². The average molecular weight is 309 g/mol. The number of thioether (sulfide) groups is 1. The zero-order valence-corrected chi connectivity index (χ0v) is 15.4. The molecule has 0 bridgehead atoms. The highest BCUT2D eigenvalue weighted by Crippen LogP contribution is 2.16. The lowest BCUT2D eigenvalue weighted by Crippen LogP contribution is -2.36. The molecule has 0 aliphatic heterocycles. The lowest BCUT2D eigenvalue weighted by Gasteiger charge is -2.28. The van der Waals surface area contributed by atoms with Crippen molar-refractivity contribution in [3.63, 3.8) is 0 Å². The fraction of sp³-hybridized carbons (Fsp3) is 0.667. The van der Waals surface area contributed by atoms with Gasteiger partial charge in [-0.1, -0.05) is 31.2 Å². The summed E-state index contributed by atoms with van der Waals surface area (Å²) in [5.41, 5.74) is 3.01. The molecule has 21 heavy (non-hydrogen) atoms. The van der Waals surface area contributed by atoms with Gasteiger partial charge in [0.2, 0.25) is 0 Å². The molecule has 0 amide bonds. The van der Waals surface area contributed by atoms with Gasteiger partial charge in [0.05, 0.1) is 0 Å². The molecule has 0 aromatic heterocycles. The monoisotopic (exact) mass is 308 g/mol. The fourth-order valence-electron chi connectivity index (χ4n) is 2.39.